The van der Waals surface area contributed by atoms with E-state index in [0.29, 0.717) is 19.5 Å². The van der Waals surface area contributed by atoms with Crippen LogP contribution < -0.4 is 10.2 Å². The average molecular weight is 123 g/mol. The van der Waals surface area contributed by atoms with E-state index in [2.05, 4.69) is 10.2 Å². The molecule has 0 rings (SSSR count). The standard InChI is InChI=1S/C3H7ClN2O/c4-6-2-1-5-3-7/h3,6H,1-2H2,(H,5,7). The van der Waals surface area contributed by atoms with Gasteiger partial charge in [-0.25, -0.2) is 4.84 Å². The zero-order valence-corrected chi connectivity index (χ0v) is 4.53. The molecule has 0 aromatic carbocycles. The molecule has 0 saturated carbocycles. The zero-order chi connectivity index (χ0) is 5.54. The summed E-state index contributed by atoms with van der Waals surface area (Å²) in [6, 6.07) is 0. The zero-order valence-electron chi connectivity index (χ0n) is 3.78. The predicted octanol–water partition coefficient (Wildman–Crippen LogP) is -0.524. The summed E-state index contributed by atoms with van der Waals surface area (Å²) in [5.74, 6) is 0. The number of hydrogen-bond donors (Lipinski definition) is 2. The van der Waals surface area contributed by atoms with E-state index in [0.717, 1.165) is 0 Å². The summed E-state index contributed by atoms with van der Waals surface area (Å²) in [7, 11) is 0. The highest BCUT2D eigenvalue weighted by atomic mass is 35.5. The van der Waals surface area contributed by atoms with Crippen molar-refractivity contribution in [3.05, 3.63) is 0 Å². The molecular formula is C3H7ClN2O. The molecule has 0 aliphatic carbocycles. The van der Waals surface area contributed by atoms with Crippen molar-refractivity contribution in [1.82, 2.24) is 10.2 Å². The highest BCUT2D eigenvalue weighted by molar-refractivity contribution is 6.13. The summed E-state index contributed by atoms with van der Waals surface area (Å²) < 4.78 is 0. The maximum Gasteiger partial charge on any atom is 0.207 e. The molecule has 7 heavy (non-hydrogen) atoms. The Morgan fingerprint density at radius 3 is 2.71 bits per heavy atom. The highest BCUT2D eigenvalue weighted by Crippen LogP contribution is 1.56. The molecular weight excluding hydrogens is 115 g/mol. The van der Waals surface area contributed by atoms with Crippen LogP contribution in [-0.4, -0.2) is 19.5 Å². The van der Waals surface area contributed by atoms with Gasteiger partial charge in [-0.3, -0.25) is 4.79 Å². The van der Waals surface area contributed by atoms with E-state index in [9.17, 15) is 4.79 Å². The van der Waals surface area contributed by atoms with Crippen LogP contribution in [0.2, 0.25) is 0 Å². The van der Waals surface area contributed by atoms with Crippen LogP contribution in [-0.2, 0) is 4.79 Å². The Labute approximate surface area is 47.1 Å². The molecule has 4 heteroatoms. The quantitative estimate of drug-likeness (QED) is 0.299. The first-order valence-electron chi connectivity index (χ1n) is 1.92. The fourth-order valence-corrected chi connectivity index (χ4v) is 0.273. The number of carbonyl (C=O) groups excluding carboxylic acids is 1. The van der Waals surface area contributed by atoms with Crippen molar-refractivity contribution in [3.8, 4) is 0 Å². The predicted molar refractivity (Wildman–Crippen MR) is 27.9 cm³/mol. The van der Waals surface area contributed by atoms with Crippen LogP contribution in [0.5, 0.6) is 0 Å². The van der Waals surface area contributed by atoms with Crippen LogP contribution in [0.25, 0.3) is 0 Å². The Kier molecular flexibility index (Phi) is 5.49. The minimum Gasteiger partial charge on any atom is -0.357 e. The third-order valence-electron chi connectivity index (χ3n) is 0.447. The molecule has 0 bridgehead atoms. The van der Waals surface area contributed by atoms with Gasteiger partial charge in [0.15, 0.2) is 0 Å². The van der Waals surface area contributed by atoms with Gasteiger partial charge in [-0.1, -0.05) is 0 Å². The van der Waals surface area contributed by atoms with Crippen molar-refractivity contribution >= 4 is 18.2 Å². The number of nitrogens with one attached hydrogen (secondary N) is 2. The highest BCUT2D eigenvalue weighted by Gasteiger charge is 1.76. The molecule has 0 saturated heterocycles. The second-order valence-electron chi connectivity index (χ2n) is 0.956. The third kappa shape index (κ3) is 5.72. The molecule has 3 nitrogen and oxygen atoms in total. The molecule has 0 aromatic heterocycles. The SMILES string of the molecule is O=CNCCNCl. The van der Waals surface area contributed by atoms with E-state index in [-0.39, 0.29) is 0 Å². The summed E-state index contributed by atoms with van der Waals surface area (Å²) in [6.07, 6.45) is 0.633. The van der Waals surface area contributed by atoms with Crippen molar-refractivity contribution in [2.24, 2.45) is 0 Å². The lowest BCUT2D eigenvalue weighted by atomic mass is 10.7. The Hall–Kier alpha value is -0.280. The first-order chi connectivity index (χ1) is 3.41. The minimum absolute atomic E-state index is 0.576. The lowest BCUT2D eigenvalue weighted by Crippen LogP contribution is -2.20. The van der Waals surface area contributed by atoms with Gasteiger partial charge in [0.2, 0.25) is 6.41 Å². The van der Waals surface area contributed by atoms with Gasteiger partial charge < -0.3 is 5.32 Å². The Morgan fingerprint density at radius 2 is 2.29 bits per heavy atom. The lowest BCUT2D eigenvalue weighted by Gasteiger charge is -1.91. The van der Waals surface area contributed by atoms with Crippen molar-refractivity contribution in [2.75, 3.05) is 13.1 Å². The minimum atomic E-state index is 0.576. The van der Waals surface area contributed by atoms with E-state index in [1.165, 1.54) is 0 Å². The average Bonchev–Trinajstić information content (AvgIpc) is 1.69. The molecule has 0 spiro atoms. The maximum absolute atomic E-state index is 9.50. The van der Waals surface area contributed by atoms with E-state index in [1.54, 1.807) is 0 Å². The number of halogens is 1. The van der Waals surface area contributed by atoms with E-state index in [4.69, 9.17) is 11.8 Å². The smallest absolute Gasteiger partial charge is 0.207 e. The number of amides is 1. The topological polar surface area (TPSA) is 41.1 Å². The monoisotopic (exact) mass is 122 g/mol. The molecule has 0 radical (unpaired) electrons. The van der Waals surface area contributed by atoms with Crippen molar-refractivity contribution in [1.29, 1.82) is 0 Å². The first kappa shape index (κ1) is 6.72. The first-order valence-corrected chi connectivity index (χ1v) is 2.30. The molecule has 0 atom stereocenters. The number of rotatable bonds is 4. The fourth-order valence-electron chi connectivity index (χ4n) is 0.178. The summed E-state index contributed by atoms with van der Waals surface area (Å²) in [4.78, 5) is 11.9. The van der Waals surface area contributed by atoms with Gasteiger partial charge in [0.25, 0.3) is 0 Å². The normalized spacial score (nSPS) is 8.14. The molecule has 0 heterocycles. The van der Waals surface area contributed by atoms with E-state index >= 15 is 0 Å². The van der Waals surface area contributed by atoms with Crippen LogP contribution in [0.4, 0.5) is 0 Å². The fraction of sp³-hybridized carbons (Fsp3) is 0.667. The Morgan fingerprint density at radius 1 is 1.57 bits per heavy atom. The molecule has 0 aliphatic heterocycles. The third-order valence-corrected chi connectivity index (χ3v) is 0.636. The second kappa shape index (κ2) is 5.72. The van der Waals surface area contributed by atoms with Gasteiger partial charge in [0.1, 0.15) is 0 Å². The Bertz CT molecular complexity index is 50.2. The summed E-state index contributed by atoms with van der Waals surface area (Å²) in [5.41, 5.74) is 0. The molecule has 1 amide bonds. The summed E-state index contributed by atoms with van der Waals surface area (Å²) >= 11 is 5.03. The molecule has 0 fully saturated rings. The summed E-state index contributed by atoms with van der Waals surface area (Å²) in [6.45, 7) is 1.17. The molecule has 0 aromatic rings. The van der Waals surface area contributed by atoms with Crippen LogP contribution >= 0.6 is 11.8 Å². The van der Waals surface area contributed by atoms with Crippen molar-refractivity contribution in [2.45, 2.75) is 0 Å². The van der Waals surface area contributed by atoms with Gasteiger partial charge in [0.05, 0.1) is 0 Å². The summed E-state index contributed by atoms with van der Waals surface area (Å²) in [5, 5.41) is 2.42. The van der Waals surface area contributed by atoms with Crippen molar-refractivity contribution in [3.63, 3.8) is 0 Å². The second-order valence-corrected chi connectivity index (χ2v) is 1.22. The number of hydrogen-bond acceptors (Lipinski definition) is 2. The van der Waals surface area contributed by atoms with Crippen LogP contribution in [0.1, 0.15) is 0 Å². The van der Waals surface area contributed by atoms with Gasteiger partial charge in [-0.05, 0) is 11.8 Å². The molecule has 0 unspecified atom stereocenters. The van der Waals surface area contributed by atoms with Crippen LogP contribution in [0.15, 0.2) is 0 Å². The van der Waals surface area contributed by atoms with Gasteiger partial charge >= 0.3 is 0 Å². The van der Waals surface area contributed by atoms with Crippen molar-refractivity contribution < 1.29 is 4.79 Å². The van der Waals surface area contributed by atoms with E-state index < -0.39 is 0 Å². The van der Waals surface area contributed by atoms with Crippen LogP contribution in [0, 0.1) is 0 Å². The van der Waals surface area contributed by atoms with E-state index in [1.807, 2.05) is 0 Å². The Balaban J connectivity index is 2.56. The largest absolute Gasteiger partial charge is 0.357 e. The lowest BCUT2D eigenvalue weighted by molar-refractivity contribution is -0.109. The van der Waals surface area contributed by atoms with Gasteiger partial charge in [0, 0.05) is 13.1 Å². The molecule has 42 valence electrons. The maximum atomic E-state index is 9.50. The number of carbonyl (C=O) groups is 1. The molecule has 2 N–H and O–H groups in total. The van der Waals surface area contributed by atoms with Gasteiger partial charge in [-0.15, -0.1) is 0 Å². The van der Waals surface area contributed by atoms with Crippen LogP contribution in [0.3, 0.4) is 0 Å². The van der Waals surface area contributed by atoms with Gasteiger partial charge in [-0.2, -0.15) is 0 Å². The molecule has 0 aliphatic rings.